The predicted molar refractivity (Wildman–Crippen MR) is 46.9 cm³/mol. The van der Waals surface area contributed by atoms with Crippen molar-refractivity contribution < 1.29 is 13.2 Å². The van der Waals surface area contributed by atoms with Crippen LogP contribution in [0.4, 0.5) is 13.2 Å². The molecule has 0 saturated carbocycles. The lowest BCUT2D eigenvalue weighted by molar-refractivity contribution is -0.0625. The zero-order valence-corrected chi connectivity index (χ0v) is 8.24. The molecule has 5 heteroatoms. The summed E-state index contributed by atoms with van der Waals surface area (Å²) in [5.74, 6) is -0.891. The summed E-state index contributed by atoms with van der Waals surface area (Å²) < 4.78 is 36.7. The maximum Gasteiger partial charge on any atom is 0.448 e. The quantitative estimate of drug-likeness (QED) is 0.532. The Labute approximate surface area is 76.2 Å². The third-order valence-corrected chi connectivity index (χ3v) is 1.08. The molecule has 0 amide bonds. The highest BCUT2D eigenvalue weighted by Crippen LogP contribution is 2.16. The third kappa shape index (κ3) is 5.49. The van der Waals surface area contributed by atoms with E-state index in [9.17, 15) is 13.2 Å². The van der Waals surface area contributed by atoms with Crippen molar-refractivity contribution in [2.45, 2.75) is 46.0 Å². The van der Waals surface area contributed by atoms with Gasteiger partial charge in [-0.3, -0.25) is 4.99 Å². The summed E-state index contributed by atoms with van der Waals surface area (Å²) in [7, 11) is 0. The molecule has 78 valence electrons. The van der Waals surface area contributed by atoms with Gasteiger partial charge in [0, 0.05) is 12.1 Å². The highest BCUT2D eigenvalue weighted by molar-refractivity contribution is 5.87. The van der Waals surface area contributed by atoms with E-state index in [1.807, 2.05) is 0 Å². The van der Waals surface area contributed by atoms with Gasteiger partial charge in [0.1, 0.15) is 0 Å². The number of hydrogen-bond donors (Lipinski definition) is 1. The van der Waals surface area contributed by atoms with Gasteiger partial charge in [0.25, 0.3) is 0 Å². The molecule has 0 bridgehead atoms. The second kappa shape index (κ2) is 4.48. The first-order chi connectivity index (χ1) is 5.73. The summed E-state index contributed by atoms with van der Waals surface area (Å²) in [5.41, 5.74) is 0. The zero-order chi connectivity index (χ0) is 10.6. The molecule has 0 spiro atoms. The van der Waals surface area contributed by atoms with Gasteiger partial charge in [-0.1, -0.05) is 0 Å². The van der Waals surface area contributed by atoms with E-state index in [2.05, 4.69) is 10.3 Å². The molecule has 1 N–H and O–H groups in total. The molecule has 2 nitrogen and oxygen atoms in total. The Hall–Kier alpha value is -0.740. The van der Waals surface area contributed by atoms with E-state index >= 15 is 0 Å². The van der Waals surface area contributed by atoms with Crippen LogP contribution in [0.2, 0.25) is 0 Å². The minimum atomic E-state index is -4.38. The van der Waals surface area contributed by atoms with E-state index in [0.717, 1.165) is 0 Å². The third-order valence-electron chi connectivity index (χ3n) is 1.08. The van der Waals surface area contributed by atoms with Crippen molar-refractivity contribution >= 4 is 5.84 Å². The molecule has 0 aliphatic heterocycles. The first-order valence-corrected chi connectivity index (χ1v) is 4.15. The van der Waals surface area contributed by atoms with Crippen molar-refractivity contribution in [2.24, 2.45) is 4.99 Å². The van der Waals surface area contributed by atoms with Crippen LogP contribution in [-0.4, -0.2) is 24.1 Å². The molecule has 0 fully saturated rings. The lowest BCUT2D eigenvalue weighted by atomic mass is 10.3. The van der Waals surface area contributed by atoms with Gasteiger partial charge in [-0.05, 0) is 27.7 Å². The van der Waals surface area contributed by atoms with Gasteiger partial charge in [-0.2, -0.15) is 13.2 Å². The smallest absolute Gasteiger partial charge is 0.364 e. The van der Waals surface area contributed by atoms with Crippen LogP contribution in [0.25, 0.3) is 0 Å². The fraction of sp³-hybridized carbons (Fsp3) is 0.875. The summed E-state index contributed by atoms with van der Waals surface area (Å²) in [6.45, 7) is 6.49. The van der Waals surface area contributed by atoms with Gasteiger partial charge in [0.2, 0.25) is 5.84 Å². The van der Waals surface area contributed by atoms with Crippen molar-refractivity contribution in [1.29, 1.82) is 0 Å². The van der Waals surface area contributed by atoms with Crippen LogP contribution >= 0.6 is 0 Å². The monoisotopic (exact) mass is 196 g/mol. The minimum absolute atomic E-state index is 0.265. The summed E-state index contributed by atoms with van der Waals surface area (Å²) >= 11 is 0. The van der Waals surface area contributed by atoms with Crippen molar-refractivity contribution in [2.75, 3.05) is 0 Å². The Kier molecular flexibility index (Phi) is 4.23. The SMILES string of the molecule is CC(C)N=C(NC(C)C)C(F)(F)F. The topological polar surface area (TPSA) is 24.4 Å². The van der Waals surface area contributed by atoms with Crippen molar-refractivity contribution in [3.05, 3.63) is 0 Å². The van der Waals surface area contributed by atoms with Crippen LogP contribution in [-0.2, 0) is 0 Å². The molecule has 0 heterocycles. The first kappa shape index (κ1) is 12.3. The molecule has 0 atom stereocenters. The second-order valence-corrected chi connectivity index (χ2v) is 3.37. The molecular formula is C8H15F3N2. The van der Waals surface area contributed by atoms with E-state index in [1.165, 1.54) is 0 Å². The molecular weight excluding hydrogens is 181 g/mol. The van der Waals surface area contributed by atoms with E-state index in [-0.39, 0.29) is 12.1 Å². The summed E-state index contributed by atoms with van der Waals surface area (Å²) in [6, 6.07) is -0.623. The average Bonchev–Trinajstić information content (AvgIpc) is 1.81. The summed E-state index contributed by atoms with van der Waals surface area (Å²) in [5, 5.41) is 2.28. The fourth-order valence-electron chi connectivity index (χ4n) is 0.724. The van der Waals surface area contributed by atoms with E-state index in [4.69, 9.17) is 0 Å². The van der Waals surface area contributed by atoms with Crippen molar-refractivity contribution in [3.63, 3.8) is 0 Å². The number of aliphatic imine (C=N–C) groups is 1. The van der Waals surface area contributed by atoms with Crippen LogP contribution in [0.15, 0.2) is 4.99 Å². The van der Waals surface area contributed by atoms with Crippen LogP contribution in [0.3, 0.4) is 0 Å². The largest absolute Gasteiger partial charge is 0.448 e. The first-order valence-electron chi connectivity index (χ1n) is 4.15. The summed E-state index contributed by atoms with van der Waals surface area (Å²) in [4.78, 5) is 3.47. The Morgan fingerprint density at radius 2 is 1.62 bits per heavy atom. The molecule has 0 unspecified atom stereocenters. The highest BCUT2D eigenvalue weighted by atomic mass is 19.4. The van der Waals surface area contributed by atoms with Gasteiger partial charge in [-0.15, -0.1) is 0 Å². The maximum atomic E-state index is 12.2. The molecule has 13 heavy (non-hydrogen) atoms. The Balaban J connectivity index is 4.57. The summed E-state index contributed by atoms with van der Waals surface area (Å²) in [6.07, 6.45) is -4.38. The highest BCUT2D eigenvalue weighted by Gasteiger charge is 2.36. The average molecular weight is 196 g/mol. The number of halogens is 3. The van der Waals surface area contributed by atoms with Gasteiger partial charge in [0.05, 0.1) is 0 Å². The number of rotatable bonds is 2. The van der Waals surface area contributed by atoms with Gasteiger partial charge in [0.15, 0.2) is 0 Å². The molecule has 0 saturated heterocycles. The Bertz CT molecular complexity index is 182. The van der Waals surface area contributed by atoms with Gasteiger partial charge < -0.3 is 5.32 Å². The Morgan fingerprint density at radius 1 is 1.15 bits per heavy atom. The zero-order valence-electron chi connectivity index (χ0n) is 8.24. The molecule has 0 aromatic carbocycles. The normalized spacial score (nSPS) is 14.1. The molecule has 0 aromatic rings. The van der Waals surface area contributed by atoms with Crippen molar-refractivity contribution in [3.8, 4) is 0 Å². The van der Waals surface area contributed by atoms with E-state index in [1.54, 1.807) is 27.7 Å². The van der Waals surface area contributed by atoms with Crippen molar-refractivity contribution in [1.82, 2.24) is 5.32 Å². The van der Waals surface area contributed by atoms with Crippen LogP contribution in [0, 0.1) is 0 Å². The van der Waals surface area contributed by atoms with Crippen LogP contribution < -0.4 is 5.32 Å². The number of hydrogen-bond acceptors (Lipinski definition) is 1. The molecule has 0 rings (SSSR count). The molecule has 0 aliphatic carbocycles. The standard InChI is InChI=1S/C8H15F3N2/c1-5(2)12-7(8(9,10)11)13-6(3)4/h5-6H,1-4H3,(H,12,13). The van der Waals surface area contributed by atoms with Gasteiger partial charge in [-0.25, -0.2) is 0 Å². The van der Waals surface area contributed by atoms with Crippen LogP contribution in [0.1, 0.15) is 27.7 Å². The molecule has 0 aromatic heterocycles. The lowest BCUT2D eigenvalue weighted by Crippen LogP contribution is -2.41. The number of nitrogens with one attached hydrogen (secondary N) is 1. The predicted octanol–water partition coefficient (Wildman–Crippen LogP) is 2.35. The van der Waals surface area contributed by atoms with E-state index < -0.39 is 12.0 Å². The molecule has 0 aliphatic rings. The fourth-order valence-corrected chi connectivity index (χ4v) is 0.724. The maximum absolute atomic E-state index is 12.2. The van der Waals surface area contributed by atoms with Gasteiger partial charge >= 0.3 is 6.18 Å². The second-order valence-electron chi connectivity index (χ2n) is 3.37. The lowest BCUT2D eigenvalue weighted by Gasteiger charge is -2.16. The minimum Gasteiger partial charge on any atom is -0.364 e. The Morgan fingerprint density at radius 3 is 1.85 bits per heavy atom. The van der Waals surface area contributed by atoms with Crippen LogP contribution in [0.5, 0.6) is 0 Å². The number of alkyl halides is 3. The van der Waals surface area contributed by atoms with E-state index in [0.29, 0.717) is 0 Å². The number of nitrogens with zero attached hydrogens (tertiary/aromatic N) is 1. The number of amidine groups is 1. The molecule has 0 radical (unpaired) electrons.